The predicted molar refractivity (Wildman–Crippen MR) is 75.1 cm³/mol. The lowest BCUT2D eigenvalue weighted by molar-refractivity contribution is -0.0200. The highest BCUT2D eigenvalue weighted by molar-refractivity contribution is 4.86. The number of ether oxygens (including phenoxy) is 1. The van der Waals surface area contributed by atoms with Crippen LogP contribution in [0.5, 0.6) is 0 Å². The van der Waals surface area contributed by atoms with Gasteiger partial charge in [-0.25, -0.2) is 0 Å². The minimum atomic E-state index is 0.332. The monoisotopic (exact) mass is 254 g/mol. The van der Waals surface area contributed by atoms with E-state index in [2.05, 4.69) is 12.3 Å². The molecule has 0 aromatic rings. The van der Waals surface area contributed by atoms with Gasteiger partial charge in [0.2, 0.25) is 0 Å². The molecule has 3 nitrogen and oxygen atoms in total. The van der Waals surface area contributed by atoms with Crippen molar-refractivity contribution in [2.24, 2.45) is 17.7 Å². The van der Waals surface area contributed by atoms with Gasteiger partial charge in [0.15, 0.2) is 0 Å². The average Bonchev–Trinajstić information content (AvgIpc) is 3.23. The van der Waals surface area contributed by atoms with Gasteiger partial charge in [-0.1, -0.05) is 32.1 Å². The number of hydrogen-bond acceptors (Lipinski definition) is 3. The fourth-order valence-corrected chi connectivity index (χ4v) is 3.40. The Morgan fingerprint density at radius 1 is 1.17 bits per heavy atom. The van der Waals surface area contributed by atoms with Crippen LogP contribution in [0.25, 0.3) is 0 Å². The van der Waals surface area contributed by atoms with Crippen LogP contribution < -0.4 is 11.3 Å². The van der Waals surface area contributed by atoms with Crippen LogP contribution in [-0.4, -0.2) is 18.8 Å². The first-order chi connectivity index (χ1) is 8.85. The molecule has 0 bridgehead atoms. The van der Waals surface area contributed by atoms with E-state index < -0.39 is 0 Å². The van der Waals surface area contributed by atoms with E-state index in [-0.39, 0.29) is 0 Å². The molecule has 0 radical (unpaired) electrons. The molecule has 0 aliphatic heterocycles. The molecule has 2 rings (SSSR count). The van der Waals surface area contributed by atoms with E-state index >= 15 is 0 Å². The molecule has 2 fully saturated rings. The Labute approximate surface area is 112 Å². The largest absolute Gasteiger partial charge is 0.377 e. The lowest BCUT2D eigenvalue weighted by atomic mass is 9.81. The van der Waals surface area contributed by atoms with Crippen LogP contribution in [0, 0.1) is 11.8 Å². The van der Waals surface area contributed by atoms with Crippen LogP contribution in [0.2, 0.25) is 0 Å². The molecule has 2 unspecified atom stereocenters. The molecule has 0 aromatic carbocycles. The molecule has 0 amide bonds. The highest BCUT2D eigenvalue weighted by Crippen LogP contribution is 2.36. The summed E-state index contributed by atoms with van der Waals surface area (Å²) in [7, 11) is 0. The molecule has 2 saturated carbocycles. The van der Waals surface area contributed by atoms with Gasteiger partial charge in [0.05, 0.1) is 6.10 Å². The van der Waals surface area contributed by atoms with Crippen molar-refractivity contribution in [1.82, 2.24) is 5.43 Å². The summed E-state index contributed by atoms with van der Waals surface area (Å²) >= 11 is 0. The smallest absolute Gasteiger partial charge is 0.0769 e. The number of nitrogens with two attached hydrogens (primary N) is 1. The molecule has 0 heterocycles. The lowest BCUT2D eigenvalue weighted by Crippen LogP contribution is -2.49. The van der Waals surface area contributed by atoms with Crippen LogP contribution in [-0.2, 0) is 4.74 Å². The van der Waals surface area contributed by atoms with Gasteiger partial charge in [0.25, 0.3) is 0 Å². The van der Waals surface area contributed by atoms with E-state index in [0.29, 0.717) is 12.1 Å². The molecule has 3 N–H and O–H groups in total. The summed E-state index contributed by atoms with van der Waals surface area (Å²) in [6.45, 7) is 2.91. The van der Waals surface area contributed by atoms with Gasteiger partial charge in [0, 0.05) is 12.6 Å². The van der Waals surface area contributed by atoms with Gasteiger partial charge in [-0.15, -0.1) is 0 Å². The maximum Gasteiger partial charge on any atom is 0.0769 e. The zero-order valence-electron chi connectivity index (χ0n) is 11.9. The Hall–Kier alpha value is -0.120. The standard InChI is InChI=1S/C15H30N2O/c1-2-18-15(13-6-4-3-5-7-13)14(17-16)11-10-12-8-9-12/h12-15,17H,2-11,16H2,1H3. The van der Waals surface area contributed by atoms with Gasteiger partial charge in [-0.2, -0.15) is 0 Å². The van der Waals surface area contributed by atoms with E-state index in [4.69, 9.17) is 10.6 Å². The zero-order valence-corrected chi connectivity index (χ0v) is 11.9. The molecule has 3 heteroatoms. The Kier molecular flexibility index (Phi) is 5.93. The minimum Gasteiger partial charge on any atom is -0.377 e. The summed E-state index contributed by atoms with van der Waals surface area (Å²) < 4.78 is 6.04. The molecule has 2 atom stereocenters. The number of nitrogens with one attached hydrogen (secondary N) is 1. The Morgan fingerprint density at radius 2 is 1.89 bits per heavy atom. The Morgan fingerprint density at radius 3 is 2.44 bits per heavy atom. The van der Waals surface area contributed by atoms with E-state index in [1.54, 1.807) is 0 Å². The van der Waals surface area contributed by atoms with Crippen LogP contribution >= 0.6 is 0 Å². The number of hydrazine groups is 1. The van der Waals surface area contributed by atoms with Crippen molar-refractivity contribution in [3.63, 3.8) is 0 Å². The molecular weight excluding hydrogens is 224 g/mol. The summed E-state index contributed by atoms with van der Waals surface area (Å²) in [6, 6.07) is 0.355. The van der Waals surface area contributed by atoms with Crippen molar-refractivity contribution in [2.45, 2.75) is 76.9 Å². The molecule has 2 aliphatic rings. The molecule has 0 spiro atoms. The van der Waals surface area contributed by atoms with Crippen molar-refractivity contribution in [3.05, 3.63) is 0 Å². The molecule has 0 saturated heterocycles. The van der Waals surface area contributed by atoms with E-state index in [1.807, 2.05) is 0 Å². The van der Waals surface area contributed by atoms with Gasteiger partial charge < -0.3 is 4.74 Å². The first-order valence-electron chi connectivity index (χ1n) is 7.92. The van der Waals surface area contributed by atoms with Gasteiger partial charge in [0.1, 0.15) is 0 Å². The molecule has 106 valence electrons. The van der Waals surface area contributed by atoms with Crippen molar-refractivity contribution < 1.29 is 4.74 Å². The lowest BCUT2D eigenvalue weighted by Gasteiger charge is -2.35. The van der Waals surface area contributed by atoms with Gasteiger partial charge in [-0.3, -0.25) is 11.3 Å². The average molecular weight is 254 g/mol. The number of rotatable bonds is 8. The van der Waals surface area contributed by atoms with Gasteiger partial charge in [-0.05, 0) is 44.4 Å². The van der Waals surface area contributed by atoms with Crippen LogP contribution in [0.3, 0.4) is 0 Å². The van der Waals surface area contributed by atoms with Crippen LogP contribution in [0.1, 0.15) is 64.7 Å². The topological polar surface area (TPSA) is 47.3 Å². The molecule has 0 aromatic heterocycles. The second-order valence-electron chi connectivity index (χ2n) is 6.11. The van der Waals surface area contributed by atoms with Crippen LogP contribution in [0.15, 0.2) is 0 Å². The van der Waals surface area contributed by atoms with E-state index in [0.717, 1.165) is 18.4 Å². The van der Waals surface area contributed by atoms with Crippen molar-refractivity contribution in [3.8, 4) is 0 Å². The first kappa shape index (κ1) is 14.3. The third-order valence-corrected chi connectivity index (χ3v) is 4.67. The molecular formula is C15H30N2O. The molecule has 18 heavy (non-hydrogen) atoms. The number of hydrogen-bond donors (Lipinski definition) is 2. The SMILES string of the molecule is CCOC(C1CCCCC1)C(CCC1CC1)NN. The highest BCUT2D eigenvalue weighted by atomic mass is 16.5. The van der Waals surface area contributed by atoms with Gasteiger partial charge >= 0.3 is 0 Å². The fraction of sp³-hybridized carbons (Fsp3) is 1.00. The Bertz CT molecular complexity index is 225. The quantitative estimate of drug-likeness (QED) is 0.517. The fourth-order valence-electron chi connectivity index (χ4n) is 3.40. The van der Waals surface area contributed by atoms with Crippen LogP contribution in [0.4, 0.5) is 0 Å². The van der Waals surface area contributed by atoms with Crippen molar-refractivity contribution in [2.75, 3.05) is 6.61 Å². The highest BCUT2D eigenvalue weighted by Gasteiger charge is 2.32. The Balaban J connectivity index is 1.86. The maximum atomic E-state index is 6.04. The second kappa shape index (κ2) is 7.46. The maximum absolute atomic E-state index is 6.04. The summed E-state index contributed by atoms with van der Waals surface area (Å²) in [4.78, 5) is 0. The van der Waals surface area contributed by atoms with E-state index in [9.17, 15) is 0 Å². The second-order valence-corrected chi connectivity index (χ2v) is 6.11. The summed E-state index contributed by atoms with van der Waals surface area (Å²) in [6.07, 6.45) is 12.5. The summed E-state index contributed by atoms with van der Waals surface area (Å²) in [5.41, 5.74) is 3.04. The van der Waals surface area contributed by atoms with Crippen molar-refractivity contribution in [1.29, 1.82) is 0 Å². The summed E-state index contributed by atoms with van der Waals surface area (Å²) in [5.74, 6) is 7.49. The van der Waals surface area contributed by atoms with Crippen molar-refractivity contribution >= 4 is 0 Å². The normalized spacial score (nSPS) is 25.0. The summed E-state index contributed by atoms with van der Waals surface area (Å²) in [5, 5.41) is 0. The third kappa shape index (κ3) is 4.22. The van der Waals surface area contributed by atoms with E-state index in [1.165, 1.54) is 57.8 Å². The first-order valence-corrected chi connectivity index (χ1v) is 7.92. The zero-order chi connectivity index (χ0) is 12.8. The third-order valence-electron chi connectivity index (χ3n) is 4.67. The minimum absolute atomic E-state index is 0.332. The molecule has 2 aliphatic carbocycles. The predicted octanol–water partition coefficient (Wildman–Crippen LogP) is 2.99.